The number of aromatic carboxylic acids is 1. The van der Waals surface area contributed by atoms with Crippen molar-refractivity contribution in [2.24, 2.45) is 5.92 Å². The van der Waals surface area contributed by atoms with E-state index in [0.29, 0.717) is 6.54 Å². The lowest BCUT2D eigenvalue weighted by Gasteiger charge is -2.23. The Morgan fingerprint density at radius 2 is 2.10 bits per heavy atom. The molecule has 1 aromatic rings. The maximum atomic E-state index is 12.6. The minimum Gasteiger partial charge on any atom is -0.475 e. The van der Waals surface area contributed by atoms with Crippen molar-refractivity contribution < 1.29 is 27.5 Å². The van der Waals surface area contributed by atoms with Gasteiger partial charge in [0.05, 0.1) is 6.61 Å². The fourth-order valence-corrected chi connectivity index (χ4v) is 3.62. The highest BCUT2D eigenvalue weighted by Crippen LogP contribution is 2.24. The average Bonchev–Trinajstić information content (AvgIpc) is 2.77. The Labute approximate surface area is 124 Å². The van der Waals surface area contributed by atoms with E-state index in [4.69, 9.17) is 14.3 Å². The monoisotopic (exact) mass is 319 g/mol. The van der Waals surface area contributed by atoms with Gasteiger partial charge in [-0.15, -0.1) is 0 Å². The number of aryl methyl sites for hydroxylation is 1. The van der Waals surface area contributed by atoms with Gasteiger partial charge in [-0.1, -0.05) is 13.8 Å². The van der Waals surface area contributed by atoms with Crippen molar-refractivity contribution in [3.05, 3.63) is 17.6 Å². The molecular weight excluding hydrogens is 298 g/mol. The van der Waals surface area contributed by atoms with Crippen LogP contribution in [-0.2, 0) is 14.8 Å². The van der Waals surface area contributed by atoms with Crippen molar-refractivity contribution >= 4 is 16.0 Å². The molecule has 0 amide bonds. The zero-order valence-corrected chi connectivity index (χ0v) is 13.4. The maximum Gasteiger partial charge on any atom is 0.371 e. The normalized spacial score (nSPS) is 12.3. The molecule has 0 bridgehead atoms. The van der Waals surface area contributed by atoms with E-state index in [1.54, 1.807) is 0 Å². The number of ether oxygens (including phenoxy) is 1. The van der Waals surface area contributed by atoms with Gasteiger partial charge in [0.2, 0.25) is 15.8 Å². The van der Waals surface area contributed by atoms with Gasteiger partial charge >= 0.3 is 5.97 Å². The topological polar surface area (TPSA) is 97.0 Å². The Morgan fingerprint density at radius 3 is 2.52 bits per heavy atom. The summed E-state index contributed by atoms with van der Waals surface area (Å²) in [5, 5.41) is 8.89. The summed E-state index contributed by atoms with van der Waals surface area (Å²) < 4.78 is 36.5. The molecule has 1 heterocycles. The summed E-state index contributed by atoms with van der Waals surface area (Å²) in [7, 11) is -2.32. The van der Waals surface area contributed by atoms with Gasteiger partial charge in [0.15, 0.2) is 0 Å². The Kier molecular flexibility index (Phi) is 5.94. The number of methoxy groups -OCH3 is 1. The lowest BCUT2D eigenvalue weighted by Crippen LogP contribution is -2.36. The van der Waals surface area contributed by atoms with Crippen LogP contribution in [0.5, 0.6) is 0 Å². The first-order valence-corrected chi connectivity index (χ1v) is 7.97. The van der Waals surface area contributed by atoms with Crippen LogP contribution in [0.4, 0.5) is 0 Å². The van der Waals surface area contributed by atoms with Gasteiger partial charge in [-0.25, -0.2) is 13.2 Å². The Hall–Kier alpha value is -1.38. The molecule has 7 nitrogen and oxygen atoms in total. The van der Waals surface area contributed by atoms with Crippen LogP contribution in [0.25, 0.3) is 0 Å². The number of hydrogen-bond acceptors (Lipinski definition) is 5. The van der Waals surface area contributed by atoms with Crippen LogP contribution >= 0.6 is 0 Å². The summed E-state index contributed by atoms with van der Waals surface area (Å²) in [6.45, 7) is 6.01. The summed E-state index contributed by atoms with van der Waals surface area (Å²) in [5.74, 6) is -1.49. The molecule has 0 spiro atoms. The fraction of sp³-hybridized carbons (Fsp3) is 0.615. The molecule has 0 aliphatic rings. The Balaban J connectivity index is 3.18. The number of carboxylic acid groups (broad SMARTS) is 1. The molecule has 0 unspecified atom stereocenters. The van der Waals surface area contributed by atoms with Gasteiger partial charge in [0.1, 0.15) is 10.7 Å². The summed E-state index contributed by atoms with van der Waals surface area (Å²) in [6.07, 6.45) is 0. The number of carboxylic acids is 1. The van der Waals surface area contributed by atoms with Gasteiger partial charge in [-0.2, -0.15) is 4.31 Å². The van der Waals surface area contributed by atoms with Gasteiger partial charge < -0.3 is 14.3 Å². The van der Waals surface area contributed by atoms with Crippen LogP contribution in [0.2, 0.25) is 0 Å². The lowest BCUT2D eigenvalue weighted by atomic mass is 10.2. The van der Waals surface area contributed by atoms with Gasteiger partial charge in [0.25, 0.3) is 0 Å². The highest BCUT2D eigenvalue weighted by molar-refractivity contribution is 7.89. The molecule has 1 aromatic heterocycles. The van der Waals surface area contributed by atoms with E-state index in [1.165, 1.54) is 18.3 Å². The van der Waals surface area contributed by atoms with E-state index in [2.05, 4.69) is 0 Å². The van der Waals surface area contributed by atoms with Crippen LogP contribution < -0.4 is 0 Å². The van der Waals surface area contributed by atoms with Crippen LogP contribution in [0.1, 0.15) is 30.2 Å². The quantitative estimate of drug-likeness (QED) is 0.781. The number of sulfonamides is 1. The molecule has 21 heavy (non-hydrogen) atoms. The number of rotatable bonds is 8. The second-order valence-electron chi connectivity index (χ2n) is 5.09. The largest absolute Gasteiger partial charge is 0.475 e. The number of furan rings is 1. The zero-order valence-electron chi connectivity index (χ0n) is 12.6. The third-order valence-corrected chi connectivity index (χ3v) is 4.79. The Morgan fingerprint density at radius 1 is 1.48 bits per heavy atom. The van der Waals surface area contributed by atoms with E-state index in [0.717, 1.165) is 6.07 Å². The molecule has 0 saturated carbocycles. The molecule has 0 aliphatic carbocycles. The van der Waals surface area contributed by atoms with Crippen molar-refractivity contribution in [1.82, 2.24) is 4.31 Å². The van der Waals surface area contributed by atoms with E-state index in [-0.39, 0.29) is 35.5 Å². The van der Waals surface area contributed by atoms with E-state index < -0.39 is 16.0 Å². The number of hydrogen-bond donors (Lipinski definition) is 1. The van der Waals surface area contributed by atoms with Crippen molar-refractivity contribution in [1.29, 1.82) is 0 Å². The maximum absolute atomic E-state index is 12.6. The molecule has 0 atom stereocenters. The number of carbonyl (C=O) groups is 1. The molecule has 0 aromatic carbocycles. The molecule has 1 rings (SSSR count). The summed E-state index contributed by atoms with van der Waals surface area (Å²) in [6, 6.07) is 1.05. The molecule has 1 N–H and O–H groups in total. The summed E-state index contributed by atoms with van der Waals surface area (Å²) in [4.78, 5) is 10.8. The lowest BCUT2D eigenvalue weighted by molar-refractivity contribution is 0.0661. The van der Waals surface area contributed by atoms with Crippen LogP contribution in [0.15, 0.2) is 15.4 Å². The van der Waals surface area contributed by atoms with Crippen molar-refractivity contribution in [2.75, 3.05) is 26.8 Å². The number of nitrogens with zero attached hydrogens (tertiary/aromatic N) is 1. The first kappa shape index (κ1) is 17.7. The van der Waals surface area contributed by atoms with E-state index in [9.17, 15) is 13.2 Å². The van der Waals surface area contributed by atoms with Crippen LogP contribution in [0.3, 0.4) is 0 Å². The molecular formula is C13H21NO6S. The van der Waals surface area contributed by atoms with Gasteiger partial charge in [-0.3, -0.25) is 0 Å². The molecule has 8 heteroatoms. The molecule has 0 radical (unpaired) electrons. The summed E-state index contributed by atoms with van der Waals surface area (Å²) >= 11 is 0. The van der Waals surface area contributed by atoms with Crippen molar-refractivity contribution in [3.8, 4) is 0 Å². The third kappa shape index (κ3) is 4.29. The molecule has 0 fully saturated rings. The SMILES string of the molecule is COCCN(CC(C)C)S(=O)(=O)c1cc(C(=O)O)oc1C. The van der Waals surface area contributed by atoms with Crippen LogP contribution in [0, 0.1) is 12.8 Å². The smallest absolute Gasteiger partial charge is 0.371 e. The Bertz CT molecular complexity index is 590. The minimum absolute atomic E-state index is 0.0681. The molecule has 0 saturated heterocycles. The predicted octanol–water partition coefficient (Wildman–Crippen LogP) is 1.58. The first-order chi connectivity index (χ1) is 9.70. The summed E-state index contributed by atoms with van der Waals surface area (Å²) in [5.41, 5.74) is 0. The molecule has 120 valence electrons. The average molecular weight is 319 g/mol. The van der Waals surface area contributed by atoms with Crippen LogP contribution in [-0.4, -0.2) is 50.6 Å². The van der Waals surface area contributed by atoms with Gasteiger partial charge in [-0.05, 0) is 12.8 Å². The third-order valence-electron chi connectivity index (χ3n) is 2.81. The predicted molar refractivity (Wildman–Crippen MR) is 75.9 cm³/mol. The van der Waals surface area contributed by atoms with Crippen molar-refractivity contribution in [2.45, 2.75) is 25.7 Å². The highest BCUT2D eigenvalue weighted by atomic mass is 32.2. The minimum atomic E-state index is -3.82. The van der Waals surface area contributed by atoms with Gasteiger partial charge in [0, 0.05) is 26.3 Å². The second kappa shape index (κ2) is 7.06. The first-order valence-electron chi connectivity index (χ1n) is 6.53. The van der Waals surface area contributed by atoms with E-state index in [1.807, 2.05) is 13.8 Å². The second-order valence-corrected chi connectivity index (χ2v) is 6.99. The van der Waals surface area contributed by atoms with Crippen molar-refractivity contribution in [3.63, 3.8) is 0 Å². The standard InChI is InChI=1S/C13H21NO6S/c1-9(2)8-14(5-6-19-4)21(17,18)12-7-11(13(15)16)20-10(12)3/h7,9H,5-6,8H2,1-4H3,(H,15,16). The highest BCUT2D eigenvalue weighted by Gasteiger charge is 2.30. The molecule has 0 aliphatic heterocycles. The fourth-order valence-electron chi connectivity index (χ4n) is 1.88. The zero-order chi connectivity index (χ0) is 16.2. The van der Waals surface area contributed by atoms with E-state index >= 15 is 0 Å².